The first-order valence-corrected chi connectivity index (χ1v) is 4.61. The maximum Gasteiger partial charge on any atom is 0.286 e. The average molecular weight is 225 g/mol. The summed E-state index contributed by atoms with van der Waals surface area (Å²) in [5.74, 6) is 5.42. The second kappa shape index (κ2) is 5.35. The Balaban J connectivity index is 3.15. The molecule has 15 heavy (non-hydrogen) atoms. The molecule has 0 amide bonds. The Kier molecular flexibility index (Phi) is 4.10. The number of rotatable bonds is 2. The highest BCUT2D eigenvalue weighted by Gasteiger charge is 2.13. The minimum atomic E-state index is -0.491. The van der Waals surface area contributed by atoms with Crippen LogP contribution in [0.3, 0.4) is 0 Å². The van der Waals surface area contributed by atoms with E-state index in [9.17, 15) is 10.1 Å². The van der Waals surface area contributed by atoms with Crippen LogP contribution in [0.2, 0.25) is 5.02 Å². The number of hydrogen-bond acceptors (Lipinski definition) is 3. The van der Waals surface area contributed by atoms with E-state index in [0.717, 1.165) is 0 Å². The molecule has 0 spiro atoms. The molecule has 0 saturated heterocycles. The monoisotopic (exact) mass is 224 g/mol. The van der Waals surface area contributed by atoms with Crippen molar-refractivity contribution in [3.63, 3.8) is 0 Å². The summed E-state index contributed by atoms with van der Waals surface area (Å²) in [6, 6.07) is 4.50. The first-order valence-electron chi connectivity index (χ1n) is 4.23. The molecule has 1 N–H and O–H groups in total. The topological polar surface area (TPSA) is 55.2 Å². The van der Waals surface area contributed by atoms with Crippen molar-refractivity contribution in [2.45, 2.75) is 0 Å². The highest BCUT2D eigenvalue weighted by molar-refractivity contribution is 6.32. The Bertz CT molecular complexity index is 435. The van der Waals surface area contributed by atoms with Crippen molar-refractivity contribution in [1.82, 2.24) is 5.32 Å². The Hall–Kier alpha value is -1.57. The van der Waals surface area contributed by atoms with E-state index in [-0.39, 0.29) is 11.3 Å². The van der Waals surface area contributed by atoms with Crippen LogP contribution in [-0.4, -0.2) is 18.5 Å². The third kappa shape index (κ3) is 2.94. The van der Waals surface area contributed by atoms with Gasteiger partial charge in [0.05, 0.1) is 16.5 Å². The van der Waals surface area contributed by atoms with Crippen LogP contribution in [0.25, 0.3) is 0 Å². The number of nitrogens with one attached hydrogen (secondary N) is 1. The quantitative estimate of drug-likeness (QED) is 0.474. The number of nitro groups is 1. The van der Waals surface area contributed by atoms with E-state index in [1.165, 1.54) is 12.1 Å². The van der Waals surface area contributed by atoms with Crippen molar-refractivity contribution in [3.05, 3.63) is 38.9 Å². The van der Waals surface area contributed by atoms with Gasteiger partial charge in [-0.15, -0.1) is 0 Å². The molecule has 0 bridgehead atoms. The van der Waals surface area contributed by atoms with Gasteiger partial charge in [0.25, 0.3) is 5.69 Å². The van der Waals surface area contributed by atoms with Crippen molar-refractivity contribution >= 4 is 17.3 Å². The van der Waals surface area contributed by atoms with Gasteiger partial charge in [-0.05, 0) is 13.1 Å². The van der Waals surface area contributed by atoms with Gasteiger partial charge in [0.2, 0.25) is 0 Å². The first kappa shape index (κ1) is 11.5. The third-order valence-corrected chi connectivity index (χ3v) is 1.98. The van der Waals surface area contributed by atoms with Gasteiger partial charge in [-0.25, -0.2) is 0 Å². The van der Waals surface area contributed by atoms with Gasteiger partial charge in [-0.1, -0.05) is 29.5 Å². The molecule has 4 nitrogen and oxygen atoms in total. The molecular formula is C10H9ClN2O2. The number of nitrogens with zero attached hydrogens (tertiary/aromatic N) is 1. The van der Waals surface area contributed by atoms with Crippen LogP contribution in [0.15, 0.2) is 18.2 Å². The van der Waals surface area contributed by atoms with Crippen molar-refractivity contribution in [2.24, 2.45) is 0 Å². The predicted octanol–water partition coefficient (Wildman–Crippen LogP) is 1.82. The SMILES string of the molecule is CNCC#Cc1c(Cl)cccc1[N+](=O)[O-]. The Labute approximate surface area is 92.4 Å². The molecule has 1 rings (SSSR count). The lowest BCUT2D eigenvalue weighted by Crippen LogP contribution is -2.04. The van der Waals surface area contributed by atoms with Gasteiger partial charge < -0.3 is 5.32 Å². The maximum atomic E-state index is 10.7. The molecule has 0 saturated carbocycles. The van der Waals surface area contributed by atoms with E-state index < -0.39 is 4.92 Å². The summed E-state index contributed by atoms with van der Waals surface area (Å²) in [7, 11) is 1.75. The van der Waals surface area contributed by atoms with Crippen molar-refractivity contribution in [2.75, 3.05) is 13.6 Å². The molecule has 0 fully saturated rings. The largest absolute Gasteiger partial charge is 0.309 e. The minimum absolute atomic E-state index is 0.0638. The molecule has 0 aromatic heterocycles. The van der Waals surface area contributed by atoms with Crippen LogP contribution in [0.1, 0.15) is 5.56 Å². The van der Waals surface area contributed by atoms with Gasteiger partial charge in [-0.2, -0.15) is 0 Å². The van der Waals surface area contributed by atoms with Crippen LogP contribution >= 0.6 is 11.6 Å². The lowest BCUT2D eigenvalue weighted by Gasteiger charge is -1.97. The molecule has 0 unspecified atom stereocenters. The highest BCUT2D eigenvalue weighted by Crippen LogP contribution is 2.24. The summed E-state index contributed by atoms with van der Waals surface area (Å²) in [6.45, 7) is 0.461. The molecular weight excluding hydrogens is 216 g/mol. The second-order valence-corrected chi connectivity index (χ2v) is 3.13. The fraction of sp³-hybridized carbons (Fsp3) is 0.200. The smallest absolute Gasteiger partial charge is 0.286 e. The van der Waals surface area contributed by atoms with E-state index in [0.29, 0.717) is 11.6 Å². The van der Waals surface area contributed by atoms with E-state index in [2.05, 4.69) is 17.2 Å². The lowest BCUT2D eigenvalue weighted by molar-refractivity contribution is -0.385. The van der Waals surface area contributed by atoms with Crippen molar-refractivity contribution in [3.8, 4) is 11.8 Å². The molecule has 0 aliphatic carbocycles. The molecule has 78 valence electrons. The van der Waals surface area contributed by atoms with Crippen LogP contribution in [-0.2, 0) is 0 Å². The normalized spacial score (nSPS) is 9.20. The Morgan fingerprint density at radius 3 is 2.93 bits per heavy atom. The minimum Gasteiger partial charge on any atom is -0.309 e. The number of nitro benzene ring substituents is 1. The number of hydrogen-bond donors (Lipinski definition) is 1. The van der Waals surface area contributed by atoms with Crippen molar-refractivity contribution < 1.29 is 4.92 Å². The van der Waals surface area contributed by atoms with Crippen LogP contribution < -0.4 is 5.32 Å². The lowest BCUT2D eigenvalue weighted by atomic mass is 10.2. The second-order valence-electron chi connectivity index (χ2n) is 2.72. The fourth-order valence-electron chi connectivity index (χ4n) is 1.01. The molecule has 0 heterocycles. The molecule has 0 radical (unpaired) electrons. The Morgan fingerprint density at radius 2 is 2.33 bits per heavy atom. The van der Waals surface area contributed by atoms with Gasteiger partial charge in [-0.3, -0.25) is 10.1 Å². The molecule has 1 aromatic carbocycles. The van der Waals surface area contributed by atoms with E-state index in [1.807, 2.05) is 0 Å². The molecule has 0 aliphatic rings. The van der Waals surface area contributed by atoms with Gasteiger partial charge >= 0.3 is 0 Å². The zero-order chi connectivity index (χ0) is 11.3. The van der Waals surface area contributed by atoms with Crippen LogP contribution in [0, 0.1) is 22.0 Å². The maximum absolute atomic E-state index is 10.7. The summed E-state index contributed by atoms with van der Waals surface area (Å²) in [5, 5.41) is 13.8. The molecule has 0 atom stereocenters. The molecule has 5 heteroatoms. The third-order valence-electron chi connectivity index (χ3n) is 1.67. The summed E-state index contributed by atoms with van der Waals surface area (Å²) >= 11 is 5.83. The molecule has 1 aromatic rings. The number of halogens is 1. The predicted molar refractivity (Wildman–Crippen MR) is 58.9 cm³/mol. The van der Waals surface area contributed by atoms with Gasteiger partial charge in [0.15, 0.2) is 0 Å². The van der Waals surface area contributed by atoms with Crippen LogP contribution in [0.4, 0.5) is 5.69 Å². The number of benzene rings is 1. The van der Waals surface area contributed by atoms with E-state index in [4.69, 9.17) is 11.6 Å². The standard InChI is InChI=1S/C10H9ClN2O2/c1-12-7-3-4-8-9(11)5-2-6-10(8)13(14)15/h2,5-6,12H,7H2,1H3. The summed E-state index contributed by atoms with van der Waals surface area (Å²) in [4.78, 5) is 10.2. The first-order chi connectivity index (χ1) is 7.16. The van der Waals surface area contributed by atoms with Crippen molar-refractivity contribution in [1.29, 1.82) is 0 Å². The zero-order valence-corrected chi connectivity index (χ0v) is 8.84. The molecule has 0 aliphatic heterocycles. The van der Waals surface area contributed by atoms with Gasteiger partial charge in [0.1, 0.15) is 5.56 Å². The average Bonchev–Trinajstić information content (AvgIpc) is 2.20. The highest BCUT2D eigenvalue weighted by atomic mass is 35.5. The van der Waals surface area contributed by atoms with Gasteiger partial charge in [0, 0.05) is 6.07 Å². The van der Waals surface area contributed by atoms with Crippen LogP contribution in [0.5, 0.6) is 0 Å². The summed E-state index contributed by atoms with van der Waals surface area (Å²) in [5.41, 5.74) is 0.200. The zero-order valence-electron chi connectivity index (χ0n) is 8.08. The summed E-state index contributed by atoms with van der Waals surface area (Å²) in [6.07, 6.45) is 0. The van der Waals surface area contributed by atoms with E-state index >= 15 is 0 Å². The fourth-order valence-corrected chi connectivity index (χ4v) is 1.23. The Morgan fingerprint density at radius 1 is 1.60 bits per heavy atom. The van der Waals surface area contributed by atoms with E-state index in [1.54, 1.807) is 13.1 Å². The summed E-state index contributed by atoms with van der Waals surface area (Å²) < 4.78 is 0.